The third-order valence-electron chi connectivity index (χ3n) is 2.25. The minimum atomic E-state index is 0.571. The number of methoxy groups -OCH3 is 1. The molecule has 19 heavy (non-hydrogen) atoms. The van der Waals surface area contributed by atoms with Gasteiger partial charge in [0.15, 0.2) is 0 Å². The molecule has 0 fully saturated rings. The molecule has 1 aromatic rings. The Kier molecular flexibility index (Phi) is 7.84. The van der Waals surface area contributed by atoms with Gasteiger partial charge in [-0.2, -0.15) is 4.98 Å². The number of aryl methyl sites for hydroxylation is 1. The Morgan fingerprint density at radius 1 is 1.16 bits per heavy atom. The number of nitrogens with zero attached hydrogens (tertiary/aromatic N) is 2. The molecule has 0 saturated carbocycles. The summed E-state index contributed by atoms with van der Waals surface area (Å²) >= 11 is 0. The largest absolute Gasteiger partial charge is 0.478 e. The van der Waals surface area contributed by atoms with E-state index in [1.165, 1.54) is 0 Å². The van der Waals surface area contributed by atoms with E-state index >= 15 is 0 Å². The number of hydrogen-bond acceptors (Lipinski definition) is 6. The van der Waals surface area contributed by atoms with Gasteiger partial charge in [-0.15, -0.1) is 0 Å². The summed E-state index contributed by atoms with van der Waals surface area (Å²) in [5, 5.41) is 3.11. The first kappa shape index (κ1) is 15.7. The van der Waals surface area contributed by atoms with Crippen LogP contribution in [0.3, 0.4) is 0 Å². The standard InChI is InChI=1S/C13H23N3O3/c1-4-6-19-12-10-11(2)15-13(16-12)14-5-7-18-9-8-17-3/h10H,4-9H2,1-3H3,(H,14,15,16). The number of nitrogens with one attached hydrogen (secondary N) is 1. The maximum absolute atomic E-state index is 5.50. The zero-order chi connectivity index (χ0) is 13.9. The number of hydrogen-bond donors (Lipinski definition) is 1. The highest BCUT2D eigenvalue weighted by atomic mass is 16.5. The van der Waals surface area contributed by atoms with Gasteiger partial charge in [0.1, 0.15) is 0 Å². The van der Waals surface area contributed by atoms with Crippen molar-refractivity contribution < 1.29 is 14.2 Å². The first-order valence-electron chi connectivity index (χ1n) is 6.55. The summed E-state index contributed by atoms with van der Waals surface area (Å²) in [7, 11) is 1.65. The third-order valence-corrected chi connectivity index (χ3v) is 2.25. The van der Waals surface area contributed by atoms with Crippen molar-refractivity contribution in [1.29, 1.82) is 0 Å². The number of rotatable bonds is 10. The van der Waals surface area contributed by atoms with Crippen molar-refractivity contribution in [2.45, 2.75) is 20.3 Å². The molecule has 1 N–H and O–H groups in total. The molecule has 0 saturated heterocycles. The molecule has 0 aliphatic carbocycles. The average molecular weight is 269 g/mol. The van der Waals surface area contributed by atoms with Crippen LogP contribution < -0.4 is 10.1 Å². The molecular weight excluding hydrogens is 246 g/mol. The van der Waals surface area contributed by atoms with Crippen LogP contribution in [-0.2, 0) is 9.47 Å². The van der Waals surface area contributed by atoms with E-state index < -0.39 is 0 Å². The zero-order valence-electron chi connectivity index (χ0n) is 11.9. The van der Waals surface area contributed by atoms with Crippen molar-refractivity contribution in [2.24, 2.45) is 0 Å². The van der Waals surface area contributed by atoms with Gasteiger partial charge in [0.2, 0.25) is 11.8 Å². The first-order chi connectivity index (χ1) is 9.26. The second-order valence-corrected chi connectivity index (χ2v) is 4.05. The van der Waals surface area contributed by atoms with E-state index in [2.05, 4.69) is 22.2 Å². The minimum Gasteiger partial charge on any atom is -0.478 e. The Morgan fingerprint density at radius 2 is 2.00 bits per heavy atom. The fourth-order valence-electron chi connectivity index (χ4n) is 1.38. The van der Waals surface area contributed by atoms with Crippen LogP contribution in [-0.4, -0.2) is 50.1 Å². The topological polar surface area (TPSA) is 65.5 Å². The fraction of sp³-hybridized carbons (Fsp3) is 0.692. The lowest BCUT2D eigenvalue weighted by Gasteiger charge is -2.09. The number of anilines is 1. The van der Waals surface area contributed by atoms with E-state index in [0.717, 1.165) is 12.1 Å². The summed E-state index contributed by atoms with van der Waals surface area (Å²) < 4.78 is 15.7. The van der Waals surface area contributed by atoms with Crippen molar-refractivity contribution in [2.75, 3.05) is 45.4 Å². The van der Waals surface area contributed by atoms with Crippen LogP contribution in [0.4, 0.5) is 5.95 Å². The lowest BCUT2D eigenvalue weighted by Crippen LogP contribution is -2.14. The number of ether oxygens (including phenoxy) is 3. The Bertz CT molecular complexity index is 361. The molecular formula is C13H23N3O3. The molecule has 0 unspecified atom stereocenters. The van der Waals surface area contributed by atoms with Gasteiger partial charge in [-0.3, -0.25) is 0 Å². The van der Waals surface area contributed by atoms with Gasteiger partial charge in [-0.1, -0.05) is 6.92 Å². The van der Waals surface area contributed by atoms with Crippen LogP contribution in [0.15, 0.2) is 6.07 Å². The van der Waals surface area contributed by atoms with Crippen LogP contribution in [0.25, 0.3) is 0 Å². The maximum atomic E-state index is 5.50. The maximum Gasteiger partial charge on any atom is 0.226 e. The van der Waals surface area contributed by atoms with Crippen molar-refractivity contribution >= 4 is 5.95 Å². The van der Waals surface area contributed by atoms with Gasteiger partial charge >= 0.3 is 0 Å². The summed E-state index contributed by atoms with van der Waals surface area (Å²) in [6.07, 6.45) is 0.957. The molecule has 6 heteroatoms. The van der Waals surface area contributed by atoms with Gasteiger partial charge in [-0.25, -0.2) is 4.98 Å². The van der Waals surface area contributed by atoms with Gasteiger partial charge in [0, 0.05) is 25.4 Å². The van der Waals surface area contributed by atoms with E-state index in [0.29, 0.717) is 44.8 Å². The summed E-state index contributed by atoms with van der Waals surface area (Å²) in [5.74, 6) is 1.18. The lowest BCUT2D eigenvalue weighted by atomic mass is 10.4. The molecule has 0 bridgehead atoms. The Hall–Kier alpha value is -1.40. The third kappa shape index (κ3) is 6.93. The molecule has 0 amide bonds. The Morgan fingerprint density at radius 3 is 2.74 bits per heavy atom. The summed E-state index contributed by atoms with van der Waals surface area (Å²) in [5.41, 5.74) is 0.879. The normalized spacial score (nSPS) is 10.5. The van der Waals surface area contributed by atoms with Crippen molar-refractivity contribution in [1.82, 2.24) is 9.97 Å². The van der Waals surface area contributed by atoms with Crippen molar-refractivity contribution in [3.05, 3.63) is 11.8 Å². The van der Waals surface area contributed by atoms with Crippen LogP contribution in [0.2, 0.25) is 0 Å². The smallest absolute Gasteiger partial charge is 0.226 e. The highest BCUT2D eigenvalue weighted by Gasteiger charge is 2.02. The molecule has 0 aliphatic rings. The van der Waals surface area contributed by atoms with Crippen LogP contribution in [0.1, 0.15) is 19.0 Å². The molecule has 1 aromatic heterocycles. The van der Waals surface area contributed by atoms with Gasteiger partial charge in [0.25, 0.3) is 0 Å². The van der Waals surface area contributed by atoms with Gasteiger partial charge < -0.3 is 19.5 Å². The van der Waals surface area contributed by atoms with Crippen molar-refractivity contribution in [3.8, 4) is 5.88 Å². The molecule has 1 rings (SSSR count). The molecule has 108 valence electrons. The highest BCUT2D eigenvalue weighted by molar-refractivity contribution is 5.30. The molecule has 0 spiro atoms. The molecule has 6 nitrogen and oxygen atoms in total. The average Bonchev–Trinajstić information content (AvgIpc) is 2.40. The molecule has 0 aliphatic heterocycles. The highest BCUT2D eigenvalue weighted by Crippen LogP contribution is 2.11. The van der Waals surface area contributed by atoms with E-state index in [9.17, 15) is 0 Å². The molecule has 0 aromatic carbocycles. The lowest BCUT2D eigenvalue weighted by molar-refractivity contribution is 0.0758. The van der Waals surface area contributed by atoms with Crippen LogP contribution in [0, 0.1) is 6.92 Å². The predicted molar refractivity (Wildman–Crippen MR) is 73.7 cm³/mol. The first-order valence-corrected chi connectivity index (χ1v) is 6.55. The summed E-state index contributed by atoms with van der Waals surface area (Å²) in [6.45, 7) is 7.08. The van der Waals surface area contributed by atoms with Crippen molar-refractivity contribution in [3.63, 3.8) is 0 Å². The fourth-order valence-corrected chi connectivity index (χ4v) is 1.38. The Balaban J connectivity index is 2.34. The van der Waals surface area contributed by atoms with Gasteiger partial charge in [0.05, 0.1) is 26.4 Å². The van der Waals surface area contributed by atoms with Crippen LogP contribution in [0.5, 0.6) is 5.88 Å². The quantitative estimate of drug-likeness (QED) is 0.652. The molecule has 0 radical (unpaired) electrons. The summed E-state index contributed by atoms with van der Waals surface area (Å²) in [6, 6.07) is 1.83. The molecule has 1 heterocycles. The second-order valence-electron chi connectivity index (χ2n) is 4.05. The SMILES string of the molecule is CCCOc1cc(C)nc(NCCOCCOC)n1. The minimum absolute atomic E-state index is 0.571. The van der Waals surface area contributed by atoms with E-state index in [4.69, 9.17) is 14.2 Å². The molecule has 0 atom stereocenters. The van der Waals surface area contributed by atoms with E-state index in [1.807, 2.05) is 13.0 Å². The second kappa shape index (κ2) is 9.52. The number of aromatic nitrogens is 2. The van der Waals surface area contributed by atoms with E-state index in [1.54, 1.807) is 7.11 Å². The monoisotopic (exact) mass is 269 g/mol. The van der Waals surface area contributed by atoms with Crippen LogP contribution >= 0.6 is 0 Å². The Labute approximate surface area is 114 Å². The predicted octanol–water partition coefficient (Wildman–Crippen LogP) is 1.65. The van der Waals surface area contributed by atoms with E-state index in [-0.39, 0.29) is 0 Å². The zero-order valence-corrected chi connectivity index (χ0v) is 11.9. The summed E-state index contributed by atoms with van der Waals surface area (Å²) in [4.78, 5) is 8.57. The van der Waals surface area contributed by atoms with Gasteiger partial charge in [-0.05, 0) is 13.3 Å².